The van der Waals surface area contributed by atoms with Gasteiger partial charge in [0, 0.05) is 5.02 Å². The molecule has 0 aliphatic carbocycles. The number of hydrogen-bond donors (Lipinski definition) is 1. The van der Waals surface area contributed by atoms with Crippen LogP contribution in [0.3, 0.4) is 0 Å². The zero-order chi connectivity index (χ0) is 13.8. The summed E-state index contributed by atoms with van der Waals surface area (Å²) in [5.41, 5.74) is 0.233. The lowest BCUT2D eigenvalue weighted by Gasteiger charge is -2.23. The van der Waals surface area contributed by atoms with Gasteiger partial charge in [-0.1, -0.05) is 23.7 Å². The van der Waals surface area contributed by atoms with Crippen LogP contribution < -0.4 is 5.84 Å². The maximum absolute atomic E-state index is 11.5. The molecule has 0 saturated carbocycles. The number of hydroxylamine groups is 1. The van der Waals surface area contributed by atoms with Crippen LogP contribution in [0.15, 0.2) is 24.3 Å². The van der Waals surface area contributed by atoms with Crippen molar-refractivity contribution in [1.82, 2.24) is 5.17 Å². The van der Waals surface area contributed by atoms with Gasteiger partial charge in [0.2, 0.25) is 0 Å². The maximum atomic E-state index is 11.5. The molecule has 1 rings (SSSR count). The molecular weight excluding hydrogens is 256 g/mol. The van der Waals surface area contributed by atoms with Crippen LogP contribution >= 0.6 is 11.6 Å². The molecule has 100 valence electrons. The fourth-order valence-corrected chi connectivity index (χ4v) is 1.21. The standard InChI is InChI=1S/C12H17ClN2O3/c1-12(2,3)18-11(16)15(14)17-8-9-4-6-10(13)7-5-9/h4-7H,8,14H2,1-3H3. The van der Waals surface area contributed by atoms with Crippen molar-refractivity contribution in [3.05, 3.63) is 34.9 Å². The highest BCUT2D eigenvalue weighted by molar-refractivity contribution is 6.30. The van der Waals surface area contributed by atoms with E-state index in [1.54, 1.807) is 45.0 Å². The summed E-state index contributed by atoms with van der Waals surface area (Å²) in [5.74, 6) is 5.41. The Morgan fingerprint density at radius 3 is 2.39 bits per heavy atom. The van der Waals surface area contributed by atoms with Crippen molar-refractivity contribution in [1.29, 1.82) is 0 Å². The van der Waals surface area contributed by atoms with Crippen LogP contribution in [0.4, 0.5) is 4.79 Å². The molecule has 0 spiro atoms. The van der Waals surface area contributed by atoms with Crippen molar-refractivity contribution in [2.45, 2.75) is 33.0 Å². The highest BCUT2D eigenvalue weighted by atomic mass is 35.5. The molecular formula is C12H17ClN2O3. The lowest BCUT2D eigenvalue weighted by molar-refractivity contribution is -0.158. The van der Waals surface area contributed by atoms with Gasteiger partial charge in [0.25, 0.3) is 0 Å². The SMILES string of the molecule is CC(C)(C)OC(=O)N(N)OCc1ccc(Cl)cc1. The third kappa shape index (κ3) is 5.35. The molecule has 0 fully saturated rings. The van der Waals surface area contributed by atoms with E-state index in [2.05, 4.69) is 0 Å². The molecule has 1 amide bonds. The number of amides is 1. The van der Waals surface area contributed by atoms with E-state index >= 15 is 0 Å². The molecule has 0 aliphatic rings. The van der Waals surface area contributed by atoms with Gasteiger partial charge in [-0.05, 0) is 38.5 Å². The van der Waals surface area contributed by atoms with Gasteiger partial charge in [-0.2, -0.15) is 0 Å². The molecule has 0 saturated heterocycles. The molecule has 0 aromatic heterocycles. The molecule has 1 aromatic carbocycles. The van der Waals surface area contributed by atoms with E-state index in [4.69, 9.17) is 27.0 Å². The zero-order valence-corrected chi connectivity index (χ0v) is 11.4. The van der Waals surface area contributed by atoms with Crippen LogP contribution in [0.5, 0.6) is 0 Å². The summed E-state index contributed by atoms with van der Waals surface area (Å²) in [6, 6.07) is 7.03. The van der Waals surface area contributed by atoms with Crippen LogP contribution in [0.2, 0.25) is 5.02 Å². The fourth-order valence-electron chi connectivity index (χ4n) is 1.08. The Morgan fingerprint density at radius 2 is 1.89 bits per heavy atom. The number of benzene rings is 1. The van der Waals surface area contributed by atoms with Crippen LogP contribution in [0, 0.1) is 0 Å². The summed E-state index contributed by atoms with van der Waals surface area (Å²) in [5, 5.41) is 1.22. The van der Waals surface area contributed by atoms with E-state index in [0.717, 1.165) is 5.56 Å². The molecule has 0 unspecified atom stereocenters. The summed E-state index contributed by atoms with van der Waals surface area (Å²) in [6.45, 7) is 5.40. The number of nitrogens with zero attached hydrogens (tertiary/aromatic N) is 1. The van der Waals surface area contributed by atoms with Gasteiger partial charge in [-0.3, -0.25) is 0 Å². The second-order valence-electron chi connectivity index (χ2n) is 4.71. The first-order valence-corrected chi connectivity index (χ1v) is 5.81. The van der Waals surface area contributed by atoms with Crippen molar-refractivity contribution in [3.63, 3.8) is 0 Å². The predicted molar refractivity (Wildman–Crippen MR) is 68.5 cm³/mol. The Balaban J connectivity index is 2.43. The van der Waals surface area contributed by atoms with E-state index in [1.807, 2.05) is 0 Å². The predicted octanol–water partition coefficient (Wildman–Crippen LogP) is 2.88. The third-order valence-corrected chi connectivity index (χ3v) is 2.11. The number of ether oxygens (including phenoxy) is 1. The fraction of sp³-hybridized carbons (Fsp3) is 0.417. The Labute approximate surface area is 111 Å². The lowest BCUT2D eigenvalue weighted by Crippen LogP contribution is -2.41. The second-order valence-corrected chi connectivity index (χ2v) is 5.14. The van der Waals surface area contributed by atoms with Crippen LogP contribution in [0.1, 0.15) is 26.3 Å². The van der Waals surface area contributed by atoms with E-state index < -0.39 is 11.7 Å². The number of halogens is 1. The number of nitrogens with two attached hydrogens (primary N) is 1. The molecule has 18 heavy (non-hydrogen) atoms. The quantitative estimate of drug-likeness (QED) is 0.522. The molecule has 1 aromatic rings. The van der Waals surface area contributed by atoms with Gasteiger partial charge in [0.05, 0.1) is 0 Å². The largest absolute Gasteiger partial charge is 0.449 e. The lowest BCUT2D eigenvalue weighted by atomic mass is 10.2. The van der Waals surface area contributed by atoms with Crippen LogP contribution in [0.25, 0.3) is 0 Å². The van der Waals surface area contributed by atoms with Crippen molar-refractivity contribution in [2.75, 3.05) is 0 Å². The van der Waals surface area contributed by atoms with Crippen molar-refractivity contribution >= 4 is 17.7 Å². The van der Waals surface area contributed by atoms with Crippen molar-refractivity contribution in [3.8, 4) is 0 Å². The molecule has 0 atom stereocenters. The van der Waals surface area contributed by atoms with Gasteiger partial charge in [0.1, 0.15) is 12.2 Å². The Morgan fingerprint density at radius 1 is 1.33 bits per heavy atom. The number of carbonyl (C=O) groups excluding carboxylic acids is 1. The zero-order valence-electron chi connectivity index (χ0n) is 10.6. The first-order valence-electron chi connectivity index (χ1n) is 5.43. The minimum absolute atomic E-state index is 0.160. The summed E-state index contributed by atoms with van der Waals surface area (Å²) >= 11 is 5.75. The molecule has 5 nitrogen and oxygen atoms in total. The molecule has 6 heteroatoms. The molecule has 0 heterocycles. The van der Waals surface area contributed by atoms with E-state index in [9.17, 15) is 4.79 Å². The van der Waals surface area contributed by atoms with E-state index in [1.165, 1.54) is 0 Å². The molecule has 0 bridgehead atoms. The highest BCUT2D eigenvalue weighted by Gasteiger charge is 2.20. The molecule has 2 N–H and O–H groups in total. The van der Waals surface area contributed by atoms with Gasteiger partial charge in [-0.25, -0.2) is 15.5 Å². The topological polar surface area (TPSA) is 64.8 Å². The second kappa shape index (κ2) is 6.04. The summed E-state index contributed by atoms with van der Waals surface area (Å²) in [4.78, 5) is 16.5. The first-order chi connectivity index (χ1) is 8.28. The minimum atomic E-state index is -0.739. The summed E-state index contributed by atoms with van der Waals surface area (Å²) in [6.07, 6.45) is -0.739. The number of hydrazine groups is 1. The Bertz CT molecular complexity index is 401. The maximum Gasteiger partial charge on any atom is 0.449 e. The normalized spacial score (nSPS) is 11.2. The first kappa shape index (κ1) is 14.8. The molecule has 0 aliphatic heterocycles. The number of rotatable bonds is 3. The Hall–Kier alpha value is -1.30. The number of hydrogen-bond acceptors (Lipinski definition) is 4. The smallest absolute Gasteiger partial charge is 0.441 e. The average molecular weight is 273 g/mol. The van der Waals surface area contributed by atoms with Crippen molar-refractivity contribution < 1.29 is 14.4 Å². The summed E-state index contributed by atoms with van der Waals surface area (Å²) in [7, 11) is 0. The van der Waals surface area contributed by atoms with Crippen LogP contribution in [-0.2, 0) is 16.2 Å². The minimum Gasteiger partial charge on any atom is -0.441 e. The number of carbonyl (C=O) groups is 1. The van der Waals surface area contributed by atoms with Gasteiger partial charge < -0.3 is 4.74 Å². The summed E-state index contributed by atoms with van der Waals surface area (Å²) < 4.78 is 5.02. The molecule has 0 radical (unpaired) electrons. The van der Waals surface area contributed by atoms with Crippen molar-refractivity contribution in [2.24, 2.45) is 5.84 Å². The van der Waals surface area contributed by atoms with Gasteiger partial charge >= 0.3 is 6.09 Å². The highest BCUT2D eigenvalue weighted by Crippen LogP contribution is 2.12. The van der Waals surface area contributed by atoms with E-state index in [-0.39, 0.29) is 6.61 Å². The monoisotopic (exact) mass is 272 g/mol. The van der Waals surface area contributed by atoms with Gasteiger partial charge in [0.15, 0.2) is 0 Å². The Kier molecular flexibility index (Phi) is 4.95. The van der Waals surface area contributed by atoms with E-state index in [0.29, 0.717) is 10.2 Å². The average Bonchev–Trinajstić information content (AvgIpc) is 2.25. The third-order valence-electron chi connectivity index (χ3n) is 1.86. The van der Waals surface area contributed by atoms with Crippen LogP contribution in [-0.4, -0.2) is 16.9 Å². The van der Waals surface area contributed by atoms with Gasteiger partial charge in [-0.15, -0.1) is 5.17 Å².